The Kier molecular flexibility index (Phi) is 5.80. The minimum absolute atomic E-state index is 0.180. The highest BCUT2D eigenvalue weighted by molar-refractivity contribution is 6.08. The molecule has 1 aromatic carbocycles. The molecule has 5 rings (SSSR count). The van der Waals surface area contributed by atoms with Gasteiger partial charge in [-0.1, -0.05) is 12.1 Å². The Balaban J connectivity index is 1.63. The Hall–Kier alpha value is -4.84. The number of anilines is 3. The first-order chi connectivity index (χ1) is 17.7. The van der Waals surface area contributed by atoms with Crippen molar-refractivity contribution in [3.8, 4) is 17.3 Å². The average Bonchev–Trinajstić information content (AvgIpc) is 2.89. The number of hydrogen-bond acceptors (Lipinski definition) is 6. The van der Waals surface area contributed by atoms with Crippen LogP contribution in [-0.2, 0) is 16.8 Å². The predicted molar refractivity (Wildman–Crippen MR) is 141 cm³/mol. The fourth-order valence-electron chi connectivity index (χ4n) is 4.34. The fraction of sp³-hybridized carbons (Fsp3) is 0.214. The summed E-state index contributed by atoms with van der Waals surface area (Å²) in [7, 11) is 1.75. The maximum atomic E-state index is 13.5. The van der Waals surface area contributed by atoms with E-state index in [2.05, 4.69) is 21.4 Å². The van der Waals surface area contributed by atoms with Crippen LogP contribution >= 0.6 is 0 Å². The highest BCUT2D eigenvalue weighted by Gasteiger charge is 2.32. The van der Waals surface area contributed by atoms with E-state index < -0.39 is 5.41 Å². The number of nitriles is 1. The summed E-state index contributed by atoms with van der Waals surface area (Å²) in [5, 5.41) is 12.2. The Morgan fingerprint density at radius 1 is 1.05 bits per heavy atom. The molecule has 3 amide bonds. The third-order valence-electron chi connectivity index (χ3n) is 6.40. The lowest BCUT2D eigenvalue weighted by molar-refractivity contribution is -0.114. The van der Waals surface area contributed by atoms with E-state index in [1.165, 1.54) is 6.92 Å². The molecule has 0 fully saturated rings. The SMILES string of the molecule is CC(=O)Nc1ccc(-c2ccc3ncc4c(c3n2)N(c2ccc(C(C)(C)C#N)cc2)C(=O)N(C)C4)cn1. The summed E-state index contributed by atoms with van der Waals surface area (Å²) in [5.41, 5.74) is 5.16. The van der Waals surface area contributed by atoms with Crippen molar-refractivity contribution >= 4 is 40.2 Å². The van der Waals surface area contributed by atoms with Crippen LogP contribution in [0.25, 0.3) is 22.3 Å². The van der Waals surface area contributed by atoms with Gasteiger partial charge in [-0.05, 0) is 55.8 Å². The molecule has 3 aromatic heterocycles. The monoisotopic (exact) mass is 491 g/mol. The number of carbonyl (C=O) groups is 2. The topological polar surface area (TPSA) is 115 Å². The molecule has 9 heteroatoms. The van der Waals surface area contributed by atoms with E-state index in [1.54, 1.807) is 35.3 Å². The van der Waals surface area contributed by atoms with Gasteiger partial charge in [0.1, 0.15) is 11.3 Å². The molecule has 0 radical (unpaired) electrons. The second-order valence-corrected chi connectivity index (χ2v) is 9.57. The number of fused-ring (bicyclic) bond motifs is 3. The third kappa shape index (κ3) is 4.34. The normalized spacial score (nSPS) is 13.3. The van der Waals surface area contributed by atoms with Crippen LogP contribution in [0.3, 0.4) is 0 Å². The summed E-state index contributed by atoms with van der Waals surface area (Å²) in [6.45, 7) is 5.56. The molecule has 0 atom stereocenters. The quantitative estimate of drug-likeness (QED) is 0.422. The summed E-state index contributed by atoms with van der Waals surface area (Å²) >= 11 is 0. The first-order valence-corrected chi connectivity index (χ1v) is 11.8. The largest absolute Gasteiger partial charge is 0.329 e. The number of aromatic nitrogens is 3. The van der Waals surface area contributed by atoms with Gasteiger partial charge in [-0.2, -0.15) is 5.26 Å². The zero-order valence-corrected chi connectivity index (χ0v) is 21.0. The summed E-state index contributed by atoms with van der Waals surface area (Å²) < 4.78 is 0. The van der Waals surface area contributed by atoms with Crippen LogP contribution in [0.15, 0.2) is 60.9 Å². The summed E-state index contributed by atoms with van der Waals surface area (Å²) in [5.74, 6) is 0.264. The summed E-state index contributed by atoms with van der Waals surface area (Å²) in [4.78, 5) is 41.9. The molecule has 37 heavy (non-hydrogen) atoms. The first kappa shape index (κ1) is 23.9. The summed E-state index contributed by atoms with van der Waals surface area (Å²) in [6, 6.07) is 16.9. The molecule has 0 saturated carbocycles. The van der Waals surface area contributed by atoms with E-state index in [0.717, 1.165) is 16.7 Å². The number of nitrogens with zero attached hydrogens (tertiary/aromatic N) is 6. The van der Waals surface area contributed by atoms with E-state index in [9.17, 15) is 14.9 Å². The fourth-order valence-corrected chi connectivity index (χ4v) is 4.34. The van der Waals surface area contributed by atoms with Crippen LogP contribution in [0.4, 0.5) is 22.0 Å². The maximum absolute atomic E-state index is 13.5. The average molecular weight is 492 g/mol. The van der Waals surface area contributed by atoms with Crippen molar-refractivity contribution in [1.82, 2.24) is 19.9 Å². The van der Waals surface area contributed by atoms with Crippen molar-refractivity contribution in [3.63, 3.8) is 0 Å². The second-order valence-electron chi connectivity index (χ2n) is 9.57. The van der Waals surface area contributed by atoms with E-state index in [4.69, 9.17) is 4.98 Å². The van der Waals surface area contributed by atoms with Crippen LogP contribution in [0, 0.1) is 11.3 Å². The van der Waals surface area contributed by atoms with Crippen molar-refractivity contribution in [3.05, 3.63) is 72.1 Å². The van der Waals surface area contributed by atoms with Crippen LogP contribution in [0.5, 0.6) is 0 Å². The van der Waals surface area contributed by atoms with Gasteiger partial charge in [0.05, 0.1) is 40.6 Å². The van der Waals surface area contributed by atoms with Crippen molar-refractivity contribution in [1.29, 1.82) is 5.26 Å². The molecule has 1 N–H and O–H groups in total. The van der Waals surface area contributed by atoms with Gasteiger partial charge in [0.2, 0.25) is 5.91 Å². The number of amides is 3. The molecule has 1 aliphatic heterocycles. The van der Waals surface area contributed by atoms with Crippen molar-refractivity contribution < 1.29 is 9.59 Å². The van der Waals surface area contributed by atoms with Gasteiger partial charge in [0.25, 0.3) is 0 Å². The van der Waals surface area contributed by atoms with E-state index in [1.807, 2.05) is 56.3 Å². The van der Waals surface area contributed by atoms with Gasteiger partial charge in [0.15, 0.2) is 0 Å². The molecule has 9 nitrogen and oxygen atoms in total. The van der Waals surface area contributed by atoms with E-state index >= 15 is 0 Å². The van der Waals surface area contributed by atoms with Crippen LogP contribution < -0.4 is 10.2 Å². The number of pyridine rings is 3. The smallest absolute Gasteiger partial charge is 0.323 e. The lowest BCUT2D eigenvalue weighted by Gasteiger charge is -2.35. The Morgan fingerprint density at radius 3 is 2.46 bits per heavy atom. The van der Waals surface area contributed by atoms with Gasteiger partial charge in [-0.15, -0.1) is 0 Å². The number of nitrogens with one attached hydrogen (secondary N) is 1. The third-order valence-corrected chi connectivity index (χ3v) is 6.40. The number of rotatable bonds is 4. The van der Waals surface area contributed by atoms with Gasteiger partial charge in [-0.3, -0.25) is 14.7 Å². The van der Waals surface area contributed by atoms with Crippen LogP contribution in [0.2, 0.25) is 0 Å². The van der Waals surface area contributed by atoms with Gasteiger partial charge >= 0.3 is 6.03 Å². The summed E-state index contributed by atoms with van der Waals surface area (Å²) in [6.07, 6.45) is 3.43. The Labute approximate surface area is 214 Å². The molecule has 0 unspecified atom stereocenters. The van der Waals surface area contributed by atoms with E-state index in [-0.39, 0.29) is 11.9 Å². The Bertz CT molecular complexity index is 1570. The van der Waals surface area contributed by atoms with Gasteiger partial charge < -0.3 is 10.2 Å². The van der Waals surface area contributed by atoms with Crippen LogP contribution in [0.1, 0.15) is 31.9 Å². The molecular formula is C28H25N7O2. The highest BCUT2D eigenvalue weighted by atomic mass is 16.2. The van der Waals surface area contributed by atoms with Gasteiger partial charge in [-0.25, -0.2) is 14.8 Å². The number of carbonyl (C=O) groups excluding carboxylic acids is 2. The molecule has 0 spiro atoms. The zero-order valence-electron chi connectivity index (χ0n) is 21.0. The zero-order chi connectivity index (χ0) is 26.3. The lowest BCUT2D eigenvalue weighted by Crippen LogP contribution is -2.42. The maximum Gasteiger partial charge on any atom is 0.329 e. The molecule has 0 saturated heterocycles. The number of benzene rings is 1. The molecule has 1 aliphatic rings. The standard InChI is InChI=1S/C28H25N7O2/c1-17(36)32-24-12-5-18(13-31-24)22-10-11-23-25(33-22)26-19(14-30-23)15-34(4)27(37)35(26)21-8-6-20(7-9-21)28(2,3)16-29/h5-14H,15H2,1-4H3,(H,31,32,36). The van der Waals surface area contributed by atoms with Crippen molar-refractivity contribution in [2.75, 3.05) is 17.3 Å². The lowest BCUT2D eigenvalue weighted by atomic mass is 9.86. The molecule has 4 heterocycles. The molecular weight excluding hydrogens is 466 g/mol. The molecule has 0 bridgehead atoms. The second kappa shape index (κ2) is 8.99. The molecule has 0 aliphatic carbocycles. The minimum atomic E-state index is -0.643. The van der Waals surface area contributed by atoms with Crippen molar-refractivity contribution in [2.45, 2.75) is 32.7 Å². The highest BCUT2D eigenvalue weighted by Crippen LogP contribution is 2.39. The van der Waals surface area contributed by atoms with Crippen molar-refractivity contribution in [2.24, 2.45) is 0 Å². The first-order valence-electron chi connectivity index (χ1n) is 11.8. The predicted octanol–water partition coefficient (Wildman–Crippen LogP) is 5.15. The molecule has 4 aromatic rings. The number of urea groups is 1. The Morgan fingerprint density at radius 2 is 1.81 bits per heavy atom. The van der Waals surface area contributed by atoms with Gasteiger partial charge in [0, 0.05) is 37.5 Å². The van der Waals surface area contributed by atoms with E-state index in [0.29, 0.717) is 40.5 Å². The van der Waals surface area contributed by atoms with Crippen LogP contribution in [-0.4, -0.2) is 38.8 Å². The minimum Gasteiger partial charge on any atom is -0.323 e. The number of hydrogen-bond donors (Lipinski definition) is 1. The molecule has 184 valence electrons.